The highest BCUT2D eigenvalue weighted by Gasteiger charge is 2.25. The second kappa shape index (κ2) is 7.61. The van der Waals surface area contributed by atoms with Crippen LogP contribution < -0.4 is 10.6 Å². The summed E-state index contributed by atoms with van der Waals surface area (Å²) in [6.07, 6.45) is 8.91. The van der Waals surface area contributed by atoms with E-state index in [4.69, 9.17) is 0 Å². The molecule has 0 saturated heterocycles. The van der Waals surface area contributed by atoms with Crippen molar-refractivity contribution in [3.05, 3.63) is 70.4 Å². The van der Waals surface area contributed by atoms with Crippen molar-refractivity contribution in [2.45, 2.75) is 45.6 Å². The maximum absolute atomic E-state index is 12.6. The fraction of sp³-hybridized carbons (Fsp3) is 0.318. The van der Waals surface area contributed by atoms with E-state index in [9.17, 15) is 4.79 Å². The molecule has 1 aromatic carbocycles. The van der Waals surface area contributed by atoms with E-state index < -0.39 is 0 Å². The largest absolute Gasteiger partial charge is 0.331 e. The number of hydrogen-bond acceptors (Lipinski definition) is 2. The Labute approximate surface area is 164 Å². The number of aryl methyl sites for hydroxylation is 2. The van der Waals surface area contributed by atoms with Crippen LogP contribution in [0.25, 0.3) is 5.00 Å². The molecule has 2 amide bonds. The average molecular weight is 380 g/mol. The van der Waals surface area contributed by atoms with Crippen LogP contribution in [0, 0.1) is 6.92 Å². The van der Waals surface area contributed by atoms with Gasteiger partial charge in [0.1, 0.15) is 5.00 Å². The third kappa shape index (κ3) is 3.78. The lowest BCUT2D eigenvalue weighted by Crippen LogP contribution is -2.32. The lowest BCUT2D eigenvalue weighted by molar-refractivity contribution is 0.249. The topological polar surface area (TPSA) is 46.1 Å². The standard InChI is InChI=1S/C22H25N3OS/c1-15-8-7-9-17(14-15)24-22(26)23-16(2)20-18-10-3-4-11-19(18)27-21(20)25-12-5-6-13-25/h5-9,12-14,16H,3-4,10-11H2,1-2H3,(H2,23,24,26). The Balaban J connectivity index is 1.58. The van der Waals surface area contributed by atoms with Gasteiger partial charge in [0.05, 0.1) is 6.04 Å². The van der Waals surface area contributed by atoms with Crippen molar-refractivity contribution >= 4 is 23.1 Å². The first-order valence-electron chi connectivity index (χ1n) is 9.54. The van der Waals surface area contributed by atoms with Crippen LogP contribution in [-0.2, 0) is 12.8 Å². The molecule has 1 aliphatic rings. The quantitative estimate of drug-likeness (QED) is 0.608. The number of thiophene rings is 1. The number of hydrogen-bond donors (Lipinski definition) is 2. The minimum Gasteiger partial charge on any atom is -0.331 e. The molecule has 3 aromatic rings. The van der Waals surface area contributed by atoms with E-state index in [1.165, 1.54) is 33.8 Å². The van der Waals surface area contributed by atoms with Gasteiger partial charge in [-0.05, 0) is 74.9 Å². The molecule has 2 N–H and O–H groups in total. The monoisotopic (exact) mass is 379 g/mol. The summed E-state index contributed by atoms with van der Waals surface area (Å²) in [5.41, 5.74) is 4.66. The normalized spacial score (nSPS) is 14.4. The zero-order valence-electron chi connectivity index (χ0n) is 15.8. The van der Waals surface area contributed by atoms with Crippen LogP contribution in [0.3, 0.4) is 0 Å². The number of fused-ring (bicyclic) bond motifs is 1. The predicted molar refractivity (Wildman–Crippen MR) is 112 cm³/mol. The number of amides is 2. The molecule has 4 rings (SSSR count). The summed E-state index contributed by atoms with van der Waals surface area (Å²) in [5, 5.41) is 7.33. The summed E-state index contributed by atoms with van der Waals surface area (Å²) in [5.74, 6) is 0. The number of benzene rings is 1. The van der Waals surface area contributed by atoms with Gasteiger partial charge in [-0.25, -0.2) is 4.79 Å². The van der Waals surface area contributed by atoms with E-state index in [-0.39, 0.29) is 12.1 Å². The molecule has 0 saturated carbocycles. The Morgan fingerprint density at radius 3 is 2.70 bits per heavy atom. The number of carbonyl (C=O) groups excluding carboxylic acids is 1. The molecular formula is C22H25N3OS. The zero-order valence-corrected chi connectivity index (χ0v) is 16.6. The van der Waals surface area contributed by atoms with Gasteiger partial charge in [0.15, 0.2) is 0 Å². The number of anilines is 1. The van der Waals surface area contributed by atoms with Crippen LogP contribution in [0.1, 0.15) is 47.4 Å². The molecule has 140 valence electrons. The van der Waals surface area contributed by atoms with Gasteiger partial charge in [0, 0.05) is 28.5 Å². The number of carbonyl (C=O) groups is 1. The number of nitrogens with one attached hydrogen (secondary N) is 2. The van der Waals surface area contributed by atoms with Gasteiger partial charge < -0.3 is 15.2 Å². The van der Waals surface area contributed by atoms with Gasteiger partial charge in [0.2, 0.25) is 0 Å². The van der Waals surface area contributed by atoms with Gasteiger partial charge in [-0.3, -0.25) is 0 Å². The first-order valence-corrected chi connectivity index (χ1v) is 10.4. The first-order chi connectivity index (χ1) is 13.1. The van der Waals surface area contributed by atoms with Crippen molar-refractivity contribution < 1.29 is 4.79 Å². The number of aromatic nitrogens is 1. The molecule has 2 aromatic heterocycles. The van der Waals surface area contributed by atoms with E-state index in [0.29, 0.717) is 0 Å². The Morgan fingerprint density at radius 1 is 1.15 bits per heavy atom. The highest BCUT2D eigenvalue weighted by Crippen LogP contribution is 2.40. The summed E-state index contributed by atoms with van der Waals surface area (Å²) in [6, 6.07) is 11.7. The molecule has 1 unspecified atom stereocenters. The third-order valence-electron chi connectivity index (χ3n) is 5.09. The zero-order chi connectivity index (χ0) is 18.8. The molecule has 0 radical (unpaired) electrons. The average Bonchev–Trinajstić information content (AvgIpc) is 3.29. The van der Waals surface area contributed by atoms with Gasteiger partial charge in [-0.15, -0.1) is 11.3 Å². The maximum Gasteiger partial charge on any atom is 0.319 e. The van der Waals surface area contributed by atoms with Crippen LogP contribution >= 0.6 is 11.3 Å². The first kappa shape index (κ1) is 17.9. The lowest BCUT2D eigenvalue weighted by Gasteiger charge is -2.20. The van der Waals surface area contributed by atoms with E-state index in [2.05, 4.69) is 34.5 Å². The molecule has 0 spiro atoms. The van der Waals surface area contributed by atoms with Crippen LogP contribution in [0.5, 0.6) is 0 Å². The minimum atomic E-state index is -0.165. The minimum absolute atomic E-state index is 0.0506. The van der Waals surface area contributed by atoms with Crippen molar-refractivity contribution in [2.24, 2.45) is 0 Å². The number of urea groups is 1. The molecule has 4 nitrogen and oxygen atoms in total. The molecule has 0 aliphatic heterocycles. The summed E-state index contributed by atoms with van der Waals surface area (Å²) in [6.45, 7) is 4.10. The number of nitrogens with zero attached hydrogens (tertiary/aromatic N) is 1. The third-order valence-corrected chi connectivity index (χ3v) is 6.41. The van der Waals surface area contributed by atoms with E-state index in [1.807, 2.05) is 54.7 Å². The summed E-state index contributed by atoms with van der Waals surface area (Å²) in [7, 11) is 0. The molecule has 27 heavy (non-hydrogen) atoms. The van der Waals surface area contributed by atoms with Crippen LogP contribution in [0.4, 0.5) is 10.5 Å². The van der Waals surface area contributed by atoms with E-state index in [1.54, 1.807) is 0 Å². The fourth-order valence-corrected chi connectivity index (χ4v) is 5.30. The second-order valence-corrected chi connectivity index (χ2v) is 8.29. The summed E-state index contributed by atoms with van der Waals surface area (Å²) < 4.78 is 2.18. The molecule has 1 atom stereocenters. The molecule has 2 heterocycles. The fourth-order valence-electron chi connectivity index (χ4n) is 3.84. The summed E-state index contributed by atoms with van der Waals surface area (Å²) >= 11 is 1.87. The van der Waals surface area contributed by atoms with Crippen molar-refractivity contribution in [1.82, 2.24) is 9.88 Å². The smallest absolute Gasteiger partial charge is 0.319 e. The SMILES string of the molecule is Cc1cccc(NC(=O)NC(C)c2c(-n3cccc3)sc3c2CCCC3)c1. The van der Waals surface area contributed by atoms with Crippen molar-refractivity contribution in [3.8, 4) is 5.00 Å². The Bertz CT molecular complexity index is 943. The van der Waals surface area contributed by atoms with Gasteiger partial charge >= 0.3 is 6.03 Å². The van der Waals surface area contributed by atoms with Crippen molar-refractivity contribution in [3.63, 3.8) is 0 Å². The van der Waals surface area contributed by atoms with Crippen molar-refractivity contribution in [1.29, 1.82) is 0 Å². The molecule has 0 fully saturated rings. The molecule has 0 bridgehead atoms. The van der Waals surface area contributed by atoms with Gasteiger partial charge in [-0.2, -0.15) is 0 Å². The highest BCUT2D eigenvalue weighted by atomic mass is 32.1. The van der Waals surface area contributed by atoms with Crippen LogP contribution in [0.15, 0.2) is 48.8 Å². The maximum atomic E-state index is 12.6. The number of rotatable bonds is 4. The van der Waals surface area contributed by atoms with Crippen LogP contribution in [-0.4, -0.2) is 10.6 Å². The second-order valence-electron chi connectivity index (χ2n) is 7.21. The Hall–Kier alpha value is -2.53. The molecular weight excluding hydrogens is 354 g/mol. The van der Waals surface area contributed by atoms with Gasteiger partial charge in [0.25, 0.3) is 0 Å². The van der Waals surface area contributed by atoms with Crippen molar-refractivity contribution in [2.75, 3.05) is 5.32 Å². The van der Waals surface area contributed by atoms with Crippen LogP contribution in [0.2, 0.25) is 0 Å². The highest BCUT2D eigenvalue weighted by molar-refractivity contribution is 7.15. The predicted octanol–water partition coefficient (Wildman–Crippen LogP) is 5.61. The van der Waals surface area contributed by atoms with Gasteiger partial charge in [-0.1, -0.05) is 12.1 Å². The Kier molecular flexibility index (Phi) is 5.03. The van der Waals surface area contributed by atoms with E-state index >= 15 is 0 Å². The lowest BCUT2D eigenvalue weighted by atomic mass is 9.93. The summed E-state index contributed by atoms with van der Waals surface area (Å²) in [4.78, 5) is 14.0. The Morgan fingerprint density at radius 2 is 1.93 bits per heavy atom. The molecule has 1 aliphatic carbocycles. The van der Waals surface area contributed by atoms with E-state index in [0.717, 1.165) is 24.1 Å². The molecule has 5 heteroatoms.